The van der Waals surface area contributed by atoms with Crippen LogP contribution in [0.3, 0.4) is 0 Å². The number of rotatable bonds is 4. The highest BCUT2D eigenvalue weighted by molar-refractivity contribution is 7.54. The summed E-state index contributed by atoms with van der Waals surface area (Å²) in [6.07, 6.45) is 0. The maximum absolute atomic E-state index is 13.4. The summed E-state index contributed by atoms with van der Waals surface area (Å²) >= 11 is 0. The van der Waals surface area contributed by atoms with E-state index < -0.39 is 13.4 Å². The van der Waals surface area contributed by atoms with Crippen LogP contribution >= 0.6 is 7.60 Å². The lowest BCUT2D eigenvalue weighted by molar-refractivity contribution is 0.0361. The Morgan fingerprint density at radius 3 is 2.35 bits per heavy atom. The van der Waals surface area contributed by atoms with E-state index in [0.717, 1.165) is 5.56 Å². The van der Waals surface area contributed by atoms with Crippen molar-refractivity contribution >= 4 is 13.5 Å². The van der Waals surface area contributed by atoms with Gasteiger partial charge in [-0.1, -0.05) is 61.9 Å². The average molecular weight is 373 g/mol. The molecule has 2 aromatic carbocycles. The van der Waals surface area contributed by atoms with Gasteiger partial charge in [0.05, 0.1) is 13.2 Å². The zero-order chi connectivity index (χ0) is 18.8. The summed E-state index contributed by atoms with van der Waals surface area (Å²) in [5, 5.41) is 2.86. The second kappa shape index (κ2) is 7.36. The first-order chi connectivity index (χ1) is 12.3. The predicted molar refractivity (Wildman–Crippen MR) is 101 cm³/mol. The van der Waals surface area contributed by atoms with Gasteiger partial charge < -0.3 is 14.4 Å². The van der Waals surface area contributed by atoms with Crippen LogP contribution < -0.4 is 5.32 Å². The van der Waals surface area contributed by atoms with E-state index in [2.05, 4.69) is 5.32 Å². The molecule has 6 heteroatoms. The van der Waals surface area contributed by atoms with E-state index in [1.54, 1.807) is 24.3 Å². The van der Waals surface area contributed by atoms with Gasteiger partial charge in [0.25, 0.3) is 5.91 Å². The van der Waals surface area contributed by atoms with Crippen LogP contribution in [0.4, 0.5) is 0 Å². The van der Waals surface area contributed by atoms with E-state index in [1.165, 1.54) is 0 Å². The van der Waals surface area contributed by atoms with E-state index >= 15 is 0 Å². The molecule has 5 nitrogen and oxygen atoms in total. The third kappa shape index (κ3) is 4.24. The number of nitrogens with one attached hydrogen (secondary N) is 1. The van der Waals surface area contributed by atoms with E-state index in [-0.39, 0.29) is 11.3 Å². The maximum atomic E-state index is 13.4. The molecule has 0 aliphatic carbocycles. The molecule has 0 spiro atoms. The van der Waals surface area contributed by atoms with Crippen LogP contribution in [0.15, 0.2) is 54.6 Å². The molecular formula is C20H24NO4P. The molecule has 1 aliphatic rings. The lowest BCUT2D eigenvalue weighted by atomic mass is 9.97. The Bertz CT molecular complexity index is 821. The lowest BCUT2D eigenvalue weighted by Gasteiger charge is -2.37. The summed E-state index contributed by atoms with van der Waals surface area (Å²) < 4.78 is 24.8. The van der Waals surface area contributed by atoms with Gasteiger partial charge in [0, 0.05) is 11.0 Å². The third-order valence-corrected chi connectivity index (χ3v) is 6.29. The van der Waals surface area contributed by atoms with Crippen LogP contribution in [-0.2, 0) is 13.6 Å². The Hall–Kier alpha value is -1.94. The number of hydrogen-bond donors (Lipinski definition) is 1. The van der Waals surface area contributed by atoms with Crippen molar-refractivity contribution in [2.45, 2.75) is 26.6 Å². The number of carbonyl (C=O) groups is 1. The Balaban J connectivity index is 1.92. The molecular weight excluding hydrogens is 349 g/mol. The molecule has 0 bridgehead atoms. The van der Waals surface area contributed by atoms with E-state index in [9.17, 15) is 9.36 Å². The first kappa shape index (κ1) is 18.8. The van der Waals surface area contributed by atoms with Crippen LogP contribution in [0.2, 0.25) is 0 Å². The average Bonchev–Trinajstić information content (AvgIpc) is 2.63. The minimum Gasteiger partial charge on any atom is -0.334 e. The number of benzene rings is 2. The molecule has 0 saturated carbocycles. The molecule has 1 heterocycles. The molecule has 138 valence electrons. The van der Waals surface area contributed by atoms with Gasteiger partial charge in [-0.3, -0.25) is 9.36 Å². The molecule has 1 unspecified atom stereocenters. The Morgan fingerprint density at radius 2 is 1.73 bits per heavy atom. The Kier molecular flexibility index (Phi) is 5.33. The zero-order valence-corrected chi connectivity index (χ0v) is 16.2. The van der Waals surface area contributed by atoms with Crippen molar-refractivity contribution in [2.24, 2.45) is 5.41 Å². The maximum Gasteiger partial charge on any atom is 0.357 e. The van der Waals surface area contributed by atoms with Crippen LogP contribution in [0, 0.1) is 12.3 Å². The van der Waals surface area contributed by atoms with Gasteiger partial charge in [0.2, 0.25) is 0 Å². The van der Waals surface area contributed by atoms with Gasteiger partial charge in [0.1, 0.15) is 0 Å². The second-order valence-electron chi connectivity index (χ2n) is 7.41. The van der Waals surface area contributed by atoms with Crippen LogP contribution in [-0.4, -0.2) is 19.1 Å². The molecule has 3 rings (SSSR count). The van der Waals surface area contributed by atoms with Gasteiger partial charge >= 0.3 is 7.60 Å². The molecule has 0 radical (unpaired) electrons. The minimum atomic E-state index is -3.55. The first-order valence-electron chi connectivity index (χ1n) is 8.60. The zero-order valence-electron chi connectivity index (χ0n) is 15.3. The fraction of sp³-hybridized carbons (Fsp3) is 0.350. The summed E-state index contributed by atoms with van der Waals surface area (Å²) in [6, 6.07) is 16.4. The van der Waals surface area contributed by atoms with Gasteiger partial charge in [-0.15, -0.1) is 0 Å². The molecule has 2 aromatic rings. The molecule has 1 N–H and O–H groups in total. The molecule has 1 aliphatic heterocycles. The van der Waals surface area contributed by atoms with Gasteiger partial charge in [-0.05, 0) is 24.6 Å². The topological polar surface area (TPSA) is 64.6 Å². The Labute approximate surface area is 154 Å². The molecule has 26 heavy (non-hydrogen) atoms. The minimum absolute atomic E-state index is 0.214. The lowest BCUT2D eigenvalue weighted by Crippen LogP contribution is -2.35. The van der Waals surface area contributed by atoms with Crippen molar-refractivity contribution < 1.29 is 18.4 Å². The monoisotopic (exact) mass is 373 g/mol. The SMILES string of the molecule is Cc1cccc(C(NC(=O)c2ccccc2)P2(=O)OCC(C)(C)CO2)c1. The summed E-state index contributed by atoms with van der Waals surface area (Å²) in [7, 11) is -3.55. The molecule has 0 aromatic heterocycles. The van der Waals surface area contributed by atoms with E-state index in [1.807, 2.05) is 51.1 Å². The third-order valence-electron chi connectivity index (χ3n) is 4.25. The highest BCUT2D eigenvalue weighted by atomic mass is 31.2. The van der Waals surface area contributed by atoms with Crippen molar-refractivity contribution in [3.05, 3.63) is 71.3 Å². The molecule has 1 amide bonds. The van der Waals surface area contributed by atoms with E-state index in [4.69, 9.17) is 9.05 Å². The predicted octanol–water partition coefficient (Wildman–Crippen LogP) is 4.69. The first-order valence-corrected chi connectivity index (χ1v) is 10.2. The number of carbonyl (C=O) groups excluding carboxylic acids is 1. The number of hydrogen-bond acceptors (Lipinski definition) is 4. The summed E-state index contributed by atoms with van der Waals surface area (Å²) in [5.41, 5.74) is 1.99. The van der Waals surface area contributed by atoms with Crippen molar-refractivity contribution in [3.8, 4) is 0 Å². The number of amides is 1. The molecule has 1 fully saturated rings. The summed E-state index contributed by atoms with van der Waals surface area (Å²) in [5.74, 6) is -1.17. The highest BCUT2D eigenvalue weighted by Gasteiger charge is 2.44. The van der Waals surface area contributed by atoms with Crippen LogP contribution in [0.1, 0.15) is 41.1 Å². The summed E-state index contributed by atoms with van der Waals surface area (Å²) in [4.78, 5) is 12.7. The quantitative estimate of drug-likeness (QED) is 0.790. The van der Waals surface area contributed by atoms with Crippen LogP contribution in [0.5, 0.6) is 0 Å². The van der Waals surface area contributed by atoms with Crippen molar-refractivity contribution in [2.75, 3.05) is 13.2 Å². The second-order valence-corrected chi connectivity index (χ2v) is 9.52. The van der Waals surface area contributed by atoms with Crippen LogP contribution in [0.25, 0.3) is 0 Å². The largest absolute Gasteiger partial charge is 0.357 e. The standard InChI is InChI=1S/C20H24NO4P/c1-15-8-7-11-17(12-15)19(21-18(22)16-9-5-4-6-10-16)26(23)24-13-20(2,3)14-25-26/h4-12,19H,13-14H2,1-3H3,(H,21,22). The summed E-state index contributed by atoms with van der Waals surface area (Å²) in [6.45, 7) is 6.55. The van der Waals surface area contributed by atoms with Crippen molar-refractivity contribution in [1.82, 2.24) is 5.32 Å². The highest BCUT2D eigenvalue weighted by Crippen LogP contribution is 2.63. The smallest absolute Gasteiger partial charge is 0.334 e. The fourth-order valence-electron chi connectivity index (χ4n) is 2.74. The normalized spacial score (nSPS) is 19.5. The van der Waals surface area contributed by atoms with Gasteiger partial charge in [0.15, 0.2) is 5.78 Å². The van der Waals surface area contributed by atoms with Crippen molar-refractivity contribution in [1.29, 1.82) is 0 Å². The van der Waals surface area contributed by atoms with Gasteiger partial charge in [-0.2, -0.15) is 0 Å². The molecule has 1 atom stereocenters. The Morgan fingerprint density at radius 1 is 1.08 bits per heavy atom. The molecule has 1 saturated heterocycles. The van der Waals surface area contributed by atoms with Crippen molar-refractivity contribution in [3.63, 3.8) is 0 Å². The number of aryl methyl sites for hydroxylation is 1. The van der Waals surface area contributed by atoms with Gasteiger partial charge in [-0.25, -0.2) is 0 Å². The fourth-order valence-corrected chi connectivity index (χ4v) is 4.97. The van der Waals surface area contributed by atoms with E-state index in [0.29, 0.717) is 24.3 Å².